The lowest BCUT2D eigenvalue weighted by molar-refractivity contribution is -0.169. The van der Waals surface area contributed by atoms with Gasteiger partial charge >= 0.3 is 18.4 Å². The van der Waals surface area contributed by atoms with E-state index in [2.05, 4.69) is 10.3 Å². The largest absolute Gasteiger partial charge is 0.444 e. The lowest BCUT2D eigenvalue weighted by Crippen LogP contribution is -2.71. The standard InChI is InChI=1S/C32H32F6N6O5/c33-31(34,35)23-13-22(14-24(15-23)32(36,37)38)19-49-30(48)43-11-7-28(46)44-25(16-26(45)40-8-4-10-41-12-9-39-20-41)29(47)42(18-27(43)44)17-21-5-2-1-3-6-21/h1-3,5-6,9,12-15,20,25,27H,4,7-8,10-11,16-19H2,(H,40,45)/t25-,27+/m0/s1. The summed E-state index contributed by atoms with van der Waals surface area (Å²) in [6, 6.07) is 8.43. The van der Waals surface area contributed by atoms with Crippen LogP contribution >= 0.6 is 0 Å². The highest BCUT2D eigenvalue weighted by molar-refractivity contribution is 5.94. The zero-order valence-corrected chi connectivity index (χ0v) is 25.9. The number of carbonyl (C=O) groups is 4. The Kier molecular flexibility index (Phi) is 10.5. The monoisotopic (exact) mass is 694 g/mol. The first-order valence-corrected chi connectivity index (χ1v) is 15.3. The van der Waals surface area contributed by atoms with E-state index in [0.29, 0.717) is 25.1 Å². The number of fused-ring (bicyclic) bond motifs is 1. The molecular formula is C32H32F6N6O5. The van der Waals surface area contributed by atoms with Gasteiger partial charge < -0.3 is 24.4 Å². The first kappa shape index (κ1) is 35.2. The number of halogens is 6. The van der Waals surface area contributed by atoms with E-state index in [1.165, 1.54) is 4.90 Å². The quantitative estimate of drug-likeness (QED) is 0.248. The van der Waals surface area contributed by atoms with Crippen molar-refractivity contribution in [3.8, 4) is 0 Å². The first-order valence-electron chi connectivity index (χ1n) is 15.3. The number of amides is 4. The van der Waals surface area contributed by atoms with E-state index < -0.39 is 78.1 Å². The molecule has 0 bridgehead atoms. The van der Waals surface area contributed by atoms with Gasteiger partial charge in [-0.25, -0.2) is 9.78 Å². The molecule has 2 aromatic carbocycles. The maximum Gasteiger partial charge on any atom is 0.416 e. The van der Waals surface area contributed by atoms with Gasteiger partial charge in [-0.15, -0.1) is 0 Å². The van der Waals surface area contributed by atoms with E-state index in [1.54, 1.807) is 49.1 Å². The Hall–Kier alpha value is -5.09. The molecule has 17 heteroatoms. The average Bonchev–Trinajstić information content (AvgIpc) is 3.57. The number of rotatable bonds is 10. The molecule has 1 N–H and O–H groups in total. The second-order valence-electron chi connectivity index (χ2n) is 11.6. The molecule has 1 aromatic heterocycles. The van der Waals surface area contributed by atoms with Crippen molar-refractivity contribution in [1.29, 1.82) is 0 Å². The van der Waals surface area contributed by atoms with Gasteiger partial charge in [0.1, 0.15) is 18.8 Å². The van der Waals surface area contributed by atoms with Crippen LogP contribution in [0.5, 0.6) is 0 Å². The summed E-state index contributed by atoms with van der Waals surface area (Å²) in [6.07, 6.45) is -7.53. The summed E-state index contributed by atoms with van der Waals surface area (Å²) >= 11 is 0. The third kappa shape index (κ3) is 8.69. The van der Waals surface area contributed by atoms with Gasteiger partial charge in [-0.1, -0.05) is 30.3 Å². The van der Waals surface area contributed by atoms with Crippen LogP contribution in [0.2, 0.25) is 0 Å². The lowest BCUT2D eigenvalue weighted by atomic mass is 10.0. The molecular weight excluding hydrogens is 662 g/mol. The topological polar surface area (TPSA) is 117 Å². The number of carbonyl (C=O) groups excluding carboxylic acids is 4. The molecule has 262 valence electrons. The van der Waals surface area contributed by atoms with Crippen LogP contribution < -0.4 is 5.32 Å². The molecule has 0 spiro atoms. The molecule has 0 radical (unpaired) electrons. The molecule has 49 heavy (non-hydrogen) atoms. The molecule has 0 unspecified atom stereocenters. The number of imidazole rings is 1. The van der Waals surface area contributed by atoms with Crippen molar-refractivity contribution in [1.82, 2.24) is 29.6 Å². The zero-order valence-electron chi connectivity index (χ0n) is 25.9. The fourth-order valence-electron chi connectivity index (χ4n) is 5.83. The first-order chi connectivity index (χ1) is 23.2. The summed E-state index contributed by atoms with van der Waals surface area (Å²) in [5, 5.41) is 2.74. The Balaban J connectivity index is 1.34. The molecule has 2 aliphatic rings. The van der Waals surface area contributed by atoms with Crippen LogP contribution in [0.1, 0.15) is 41.5 Å². The minimum atomic E-state index is -5.09. The predicted octanol–water partition coefficient (Wildman–Crippen LogP) is 4.43. The highest BCUT2D eigenvalue weighted by Crippen LogP contribution is 2.37. The Morgan fingerprint density at radius 2 is 1.65 bits per heavy atom. The molecule has 2 atom stereocenters. The maximum absolute atomic E-state index is 13.8. The second kappa shape index (κ2) is 14.6. The van der Waals surface area contributed by atoms with Crippen molar-refractivity contribution < 1.29 is 50.3 Å². The van der Waals surface area contributed by atoms with Gasteiger partial charge in [-0.2, -0.15) is 26.3 Å². The highest BCUT2D eigenvalue weighted by Gasteiger charge is 2.49. The number of nitrogens with zero attached hydrogens (tertiary/aromatic N) is 5. The Bertz CT molecular complexity index is 1620. The van der Waals surface area contributed by atoms with E-state index in [-0.39, 0.29) is 38.7 Å². The van der Waals surface area contributed by atoms with Gasteiger partial charge in [0.2, 0.25) is 17.7 Å². The fourth-order valence-corrected chi connectivity index (χ4v) is 5.83. The minimum absolute atomic E-state index is 0.0319. The van der Waals surface area contributed by atoms with Crippen LogP contribution in [0.15, 0.2) is 67.3 Å². The summed E-state index contributed by atoms with van der Waals surface area (Å²) in [4.78, 5) is 61.0. The number of ether oxygens (including phenoxy) is 1. The third-order valence-corrected chi connectivity index (χ3v) is 8.17. The van der Waals surface area contributed by atoms with Crippen LogP contribution in [0.3, 0.4) is 0 Å². The number of aromatic nitrogens is 2. The van der Waals surface area contributed by atoms with Crippen LogP contribution in [-0.4, -0.2) is 79.9 Å². The Labute approximate surface area is 276 Å². The lowest BCUT2D eigenvalue weighted by Gasteiger charge is -2.51. The van der Waals surface area contributed by atoms with Crippen molar-refractivity contribution in [2.24, 2.45) is 0 Å². The number of nitrogens with one attached hydrogen (secondary N) is 1. The van der Waals surface area contributed by atoms with Gasteiger partial charge in [-0.3, -0.25) is 19.3 Å². The minimum Gasteiger partial charge on any atom is -0.444 e. The number of benzene rings is 2. The molecule has 3 aromatic rings. The van der Waals surface area contributed by atoms with E-state index in [9.17, 15) is 45.5 Å². The van der Waals surface area contributed by atoms with Crippen LogP contribution in [0, 0.1) is 0 Å². The number of alkyl halides is 6. The molecule has 5 rings (SSSR count). The van der Waals surface area contributed by atoms with Crippen LogP contribution in [0.4, 0.5) is 31.1 Å². The molecule has 4 amide bonds. The molecule has 2 fully saturated rings. The summed E-state index contributed by atoms with van der Waals surface area (Å²) in [5.74, 6) is -1.55. The summed E-state index contributed by atoms with van der Waals surface area (Å²) in [5.41, 5.74) is -2.94. The van der Waals surface area contributed by atoms with E-state index in [0.717, 1.165) is 15.4 Å². The third-order valence-electron chi connectivity index (χ3n) is 8.17. The number of hydrogen-bond donors (Lipinski definition) is 1. The smallest absolute Gasteiger partial charge is 0.416 e. The Morgan fingerprint density at radius 1 is 0.959 bits per heavy atom. The molecule has 2 saturated heterocycles. The van der Waals surface area contributed by atoms with Gasteiger partial charge in [0.05, 0.1) is 30.4 Å². The number of aryl methyl sites for hydroxylation is 1. The van der Waals surface area contributed by atoms with Crippen molar-refractivity contribution >= 4 is 23.8 Å². The van der Waals surface area contributed by atoms with E-state index in [4.69, 9.17) is 4.74 Å². The van der Waals surface area contributed by atoms with Crippen molar-refractivity contribution in [3.05, 3.63) is 89.5 Å². The van der Waals surface area contributed by atoms with Gasteiger partial charge in [-0.05, 0) is 35.7 Å². The van der Waals surface area contributed by atoms with Gasteiger partial charge in [0.15, 0.2) is 0 Å². The fraction of sp³-hybridized carbons (Fsp3) is 0.406. The second-order valence-corrected chi connectivity index (χ2v) is 11.6. The molecule has 2 aliphatic heterocycles. The molecule has 11 nitrogen and oxygen atoms in total. The van der Waals surface area contributed by atoms with Crippen molar-refractivity contribution in [2.45, 2.75) is 63.5 Å². The van der Waals surface area contributed by atoms with Crippen LogP contribution in [0.25, 0.3) is 0 Å². The Morgan fingerprint density at radius 3 is 2.29 bits per heavy atom. The summed E-state index contributed by atoms with van der Waals surface area (Å²) in [7, 11) is 0. The number of piperazine rings is 1. The van der Waals surface area contributed by atoms with Gasteiger partial charge in [0.25, 0.3) is 0 Å². The zero-order chi connectivity index (χ0) is 35.3. The number of hydrogen-bond acceptors (Lipinski definition) is 6. The summed E-state index contributed by atoms with van der Waals surface area (Å²) in [6.45, 7) is -0.382. The van der Waals surface area contributed by atoms with Crippen molar-refractivity contribution in [2.75, 3.05) is 19.6 Å². The molecule has 0 aliphatic carbocycles. The maximum atomic E-state index is 13.8. The van der Waals surface area contributed by atoms with E-state index in [1.807, 2.05) is 4.57 Å². The highest BCUT2D eigenvalue weighted by atomic mass is 19.4. The van der Waals surface area contributed by atoms with E-state index >= 15 is 0 Å². The average molecular weight is 695 g/mol. The predicted molar refractivity (Wildman–Crippen MR) is 159 cm³/mol. The van der Waals surface area contributed by atoms with Crippen LogP contribution in [-0.2, 0) is 51.2 Å². The normalized spacial score (nSPS) is 18.4. The van der Waals surface area contributed by atoms with Crippen molar-refractivity contribution in [3.63, 3.8) is 0 Å². The molecule has 3 heterocycles. The summed E-state index contributed by atoms with van der Waals surface area (Å²) < 4.78 is 87.2. The SMILES string of the molecule is O=C(C[C@H]1C(=O)N(Cc2ccccc2)C[C@@H]2N(C(=O)OCc3cc(C(F)(F)F)cc(C(F)(F)F)c3)CCC(=O)N21)NCCCn1ccnc1. The van der Waals surface area contributed by atoms with Gasteiger partial charge in [0, 0.05) is 45.0 Å². The molecule has 0 saturated carbocycles.